The maximum absolute atomic E-state index is 12.6. The number of rotatable bonds is 2. The van der Waals surface area contributed by atoms with Crippen molar-refractivity contribution in [1.82, 2.24) is 9.78 Å². The molecular weight excluding hydrogens is 295 g/mol. The van der Waals surface area contributed by atoms with Gasteiger partial charge in [0.2, 0.25) is 0 Å². The van der Waals surface area contributed by atoms with Crippen LogP contribution in [0.15, 0.2) is 24.3 Å². The molecule has 4 nitrogen and oxygen atoms in total. The first kappa shape index (κ1) is 15.1. The Kier molecular flexibility index (Phi) is 3.70. The largest absolute Gasteiger partial charge is 0.416 e. The van der Waals surface area contributed by atoms with Crippen LogP contribution >= 0.6 is 0 Å². The van der Waals surface area contributed by atoms with Crippen LogP contribution < -0.4 is 5.73 Å². The predicted octanol–water partition coefficient (Wildman–Crippen LogP) is 2.72. The maximum Gasteiger partial charge on any atom is 0.416 e. The van der Waals surface area contributed by atoms with E-state index in [2.05, 4.69) is 5.10 Å². The summed E-state index contributed by atoms with van der Waals surface area (Å²) >= 11 is 0. The van der Waals surface area contributed by atoms with Crippen LogP contribution in [0.3, 0.4) is 0 Å². The molecule has 0 bridgehead atoms. The van der Waals surface area contributed by atoms with E-state index in [4.69, 9.17) is 5.73 Å². The Morgan fingerprint density at radius 1 is 1.27 bits per heavy atom. The van der Waals surface area contributed by atoms with E-state index in [0.29, 0.717) is 17.8 Å². The Balaban J connectivity index is 2.05. The van der Waals surface area contributed by atoms with E-state index in [9.17, 15) is 18.3 Å². The lowest BCUT2D eigenvalue weighted by molar-refractivity contribution is -0.137. The van der Waals surface area contributed by atoms with Gasteiger partial charge in [0.1, 0.15) is 0 Å². The molecule has 1 aliphatic rings. The Hall–Kier alpha value is -1.86. The summed E-state index contributed by atoms with van der Waals surface area (Å²) in [5.41, 5.74) is 7.68. The van der Waals surface area contributed by atoms with Gasteiger partial charge in [-0.25, -0.2) is 4.68 Å². The van der Waals surface area contributed by atoms with Crippen LogP contribution in [0.4, 0.5) is 13.2 Å². The third-order valence-corrected chi connectivity index (χ3v) is 3.96. The minimum absolute atomic E-state index is 0.188. The molecule has 1 heterocycles. The fourth-order valence-corrected chi connectivity index (χ4v) is 2.90. The predicted molar refractivity (Wildman–Crippen MR) is 74.4 cm³/mol. The number of aromatic nitrogens is 2. The zero-order valence-electron chi connectivity index (χ0n) is 11.8. The van der Waals surface area contributed by atoms with Gasteiger partial charge in [-0.2, -0.15) is 18.3 Å². The molecule has 1 aromatic carbocycles. The summed E-state index contributed by atoms with van der Waals surface area (Å²) in [5, 5.41) is 14.5. The van der Waals surface area contributed by atoms with Gasteiger partial charge in [0.25, 0.3) is 0 Å². The number of aliphatic hydroxyl groups excluding tert-OH is 1. The van der Waals surface area contributed by atoms with Crippen molar-refractivity contribution in [2.24, 2.45) is 5.73 Å². The molecule has 1 aliphatic carbocycles. The minimum Gasteiger partial charge on any atom is -0.388 e. The SMILES string of the molecule is NCc1nn(-c2ccc(C(F)(F)F)cc2)c2c1C(O)CCC2. The Morgan fingerprint density at radius 2 is 1.95 bits per heavy atom. The number of nitrogens with zero attached hydrogens (tertiary/aromatic N) is 2. The van der Waals surface area contributed by atoms with Crippen molar-refractivity contribution in [3.8, 4) is 5.69 Å². The van der Waals surface area contributed by atoms with Gasteiger partial charge in [0.05, 0.1) is 28.7 Å². The molecule has 1 aromatic heterocycles. The van der Waals surface area contributed by atoms with E-state index in [1.807, 2.05) is 0 Å². The summed E-state index contributed by atoms with van der Waals surface area (Å²) in [4.78, 5) is 0. The Bertz CT molecular complexity index is 677. The summed E-state index contributed by atoms with van der Waals surface area (Å²) in [7, 11) is 0. The molecule has 0 saturated carbocycles. The molecule has 0 aliphatic heterocycles. The molecule has 1 unspecified atom stereocenters. The zero-order valence-corrected chi connectivity index (χ0v) is 11.8. The smallest absolute Gasteiger partial charge is 0.388 e. The maximum atomic E-state index is 12.6. The second kappa shape index (κ2) is 5.40. The van der Waals surface area contributed by atoms with Crippen molar-refractivity contribution >= 4 is 0 Å². The second-order valence-corrected chi connectivity index (χ2v) is 5.38. The quantitative estimate of drug-likeness (QED) is 0.896. The zero-order chi connectivity index (χ0) is 15.9. The molecule has 1 atom stereocenters. The number of fused-ring (bicyclic) bond motifs is 1. The average Bonchev–Trinajstić information content (AvgIpc) is 2.87. The van der Waals surface area contributed by atoms with Gasteiger partial charge < -0.3 is 10.8 Å². The molecule has 7 heteroatoms. The molecule has 3 N–H and O–H groups in total. The molecular formula is C15H16F3N3O. The number of hydrogen-bond donors (Lipinski definition) is 2. The standard InChI is InChI=1S/C15H16F3N3O/c16-15(17,18)9-4-6-10(7-5-9)21-12-2-1-3-13(22)14(12)11(8-19)20-21/h4-7,13,22H,1-3,8,19H2. The fraction of sp³-hybridized carbons (Fsp3) is 0.400. The molecule has 0 spiro atoms. The highest BCUT2D eigenvalue weighted by molar-refractivity contribution is 5.41. The molecule has 0 saturated heterocycles. The van der Waals surface area contributed by atoms with Crippen LogP contribution in [-0.2, 0) is 19.1 Å². The molecule has 0 radical (unpaired) electrons. The normalized spacial score (nSPS) is 18.3. The molecule has 3 rings (SSSR count). The van der Waals surface area contributed by atoms with Crippen molar-refractivity contribution in [2.75, 3.05) is 0 Å². The summed E-state index contributed by atoms with van der Waals surface area (Å²) in [6, 6.07) is 4.84. The van der Waals surface area contributed by atoms with Crippen molar-refractivity contribution in [3.63, 3.8) is 0 Å². The third kappa shape index (κ3) is 2.50. The summed E-state index contributed by atoms with van der Waals surface area (Å²) < 4.78 is 39.5. The van der Waals surface area contributed by atoms with Crippen LogP contribution in [0, 0.1) is 0 Å². The minimum atomic E-state index is -4.36. The van der Waals surface area contributed by atoms with Crippen molar-refractivity contribution in [1.29, 1.82) is 0 Å². The van der Waals surface area contributed by atoms with Gasteiger partial charge in [-0.1, -0.05) is 0 Å². The average molecular weight is 311 g/mol. The summed E-state index contributed by atoms with van der Waals surface area (Å²) in [6.07, 6.45) is -2.78. The molecule has 0 amide bonds. The third-order valence-electron chi connectivity index (χ3n) is 3.96. The van der Waals surface area contributed by atoms with Crippen molar-refractivity contribution in [3.05, 3.63) is 46.8 Å². The van der Waals surface area contributed by atoms with Crippen molar-refractivity contribution < 1.29 is 18.3 Å². The van der Waals surface area contributed by atoms with Gasteiger partial charge in [-0.05, 0) is 43.5 Å². The first-order valence-electron chi connectivity index (χ1n) is 7.08. The van der Waals surface area contributed by atoms with Gasteiger partial charge in [0.15, 0.2) is 0 Å². The Labute approximate surface area is 125 Å². The highest BCUT2D eigenvalue weighted by Crippen LogP contribution is 2.34. The first-order valence-corrected chi connectivity index (χ1v) is 7.08. The molecule has 118 valence electrons. The lowest BCUT2D eigenvalue weighted by atomic mass is 9.93. The van der Waals surface area contributed by atoms with Crippen LogP contribution in [-0.4, -0.2) is 14.9 Å². The Morgan fingerprint density at radius 3 is 2.55 bits per heavy atom. The molecule has 22 heavy (non-hydrogen) atoms. The van der Waals surface area contributed by atoms with Gasteiger partial charge in [-0.15, -0.1) is 0 Å². The number of aliphatic hydroxyl groups is 1. The topological polar surface area (TPSA) is 64.1 Å². The van der Waals surface area contributed by atoms with Crippen LogP contribution in [0.25, 0.3) is 5.69 Å². The van der Waals surface area contributed by atoms with Crippen LogP contribution in [0.5, 0.6) is 0 Å². The number of hydrogen-bond acceptors (Lipinski definition) is 3. The van der Waals surface area contributed by atoms with Gasteiger partial charge in [0, 0.05) is 12.1 Å². The second-order valence-electron chi connectivity index (χ2n) is 5.38. The van der Waals surface area contributed by atoms with Crippen LogP contribution in [0.2, 0.25) is 0 Å². The van der Waals surface area contributed by atoms with E-state index >= 15 is 0 Å². The van der Waals surface area contributed by atoms with Gasteiger partial charge >= 0.3 is 6.18 Å². The van der Waals surface area contributed by atoms with Crippen molar-refractivity contribution in [2.45, 2.75) is 38.1 Å². The van der Waals surface area contributed by atoms with Gasteiger partial charge in [-0.3, -0.25) is 0 Å². The van der Waals surface area contributed by atoms with E-state index in [0.717, 1.165) is 36.2 Å². The van der Waals surface area contributed by atoms with E-state index in [-0.39, 0.29) is 6.54 Å². The van der Waals surface area contributed by atoms with E-state index in [1.165, 1.54) is 12.1 Å². The highest BCUT2D eigenvalue weighted by atomic mass is 19.4. The van der Waals surface area contributed by atoms with Crippen LogP contribution in [0.1, 0.15) is 41.5 Å². The fourth-order valence-electron chi connectivity index (χ4n) is 2.90. The summed E-state index contributed by atoms with van der Waals surface area (Å²) in [6.45, 7) is 0.188. The summed E-state index contributed by atoms with van der Waals surface area (Å²) in [5.74, 6) is 0. The highest BCUT2D eigenvalue weighted by Gasteiger charge is 2.31. The lowest BCUT2D eigenvalue weighted by Crippen LogP contribution is -2.13. The number of benzene rings is 1. The van der Waals surface area contributed by atoms with E-state index < -0.39 is 17.8 Å². The number of alkyl halides is 3. The number of nitrogens with two attached hydrogens (primary N) is 1. The first-order chi connectivity index (χ1) is 10.4. The molecule has 0 fully saturated rings. The monoisotopic (exact) mass is 311 g/mol. The molecule has 2 aromatic rings. The van der Waals surface area contributed by atoms with E-state index in [1.54, 1.807) is 4.68 Å². The lowest BCUT2D eigenvalue weighted by Gasteiger charge is -2.19. The number of halogens is 3.